The quantitative estimate of drug-likeness (QED) is 0.643. The molecule has 0 spiro atoms. The zero-order valence-electron chi connectivity index (χ0n) is 14.0. The van der Waals surface area contributed by atoms with Crippen LogP contribution in [0.1, 0.15) is 6.92 Å². The highest BCUT2D eigenvalue weighted by molar-refractivity contribution is 8.00. The minimum atomic E-state index is 0.146. The summed E-state index contributed by atoms with van der Waals surface area (Å²) < 4.78 is 2.17. The molecular weight excluding hydrogens is 350 g/mol. The van der Waals surface area contributed by atoms with E-state index >= 15 is 0 Å². The number of imidazole rings is 1. The van der Waals surface area contributed by atoms with Crippen molar-refractivity contribution < 1.29 is 4.79 Å². The molecule has 6 heteroatoms. The Labute approximate surface area is 155 Å². The molecule has 0 saturated heterocycles. The summed E-state index contributed by atoms with van der Waals surface area (Å²) in [5.74, 6) is 1.50. The van der Waals surface area contributed by atoms with Crippen molar-refractivity contribution >= 4 is 46.2 Å². The van der Waals surface area contributed by atoms with Gasteiger partial charge in [0.25, 0.3) is 0 Å². The smallest absolute Gasteiger partial charge is 0.237 e. The molecule has 0 N–H and O–H groups in total. The number of aromatic nitrogens is 2. The third-order valence-electron chi connectivity index (χ3n) is 4.29. The van der Waals surface area contributed by atoms with E-state index in [1.807, 2.05) is 53.1 Å². The largest absolute Gasteiger partial charge is 0.319 e. The van der Waals surface area contributed by atoms with E-state index in [-0.39, 0.29) is 5.91 Å². The zero-order valence-corrected chi connectivity index (χ0v) is 15.6. The van der Waals surface area contributed by atoms with Crippen LogP contribution in [-0.4, -0.2) is 33.5 Å². The van der Waals surface area contributed by atoms with E-state index in [1.54, 1.807) is 0 Å². The van der Waals surface area contributed by atoms with Crippen LogP contribution in [0.5, 0.6) is 0 Å². The van der Waals surface area contributed by atoms with Crippen molar-refractivity contribution in [2.24, 2.45) is 0 Å². The number of hydrogen-bond acceptors (Lipinski definition) is 4. The predicted octanol–water partition coefficient (Wildman–Crippen LogP) is 4.29. The Kier molecular flexibility index (Phi) is 4.72. The summed E-state index contributed by atoms with van der Waals surface area (Å²) in [5.41, 5.74) is 3.15. The number of hydrogen-bond donors (Lipinski definition) is 0. The Morgan fingerprint density at radius 3 is 2.88 bits per heavy atom. The number of benzene rings is 2. The standard InChI is InChI=1S/C19H19N3OS2/c1-2-21-15-8-4-3-7-14(15)20-19(21)25-13-18(23)22-11-12-24-17-10-6-5-9-16(17)22/h3-10H,2,11-13H2,1H3. The van der Waals surface area contributed by atoms with Crippen LogP contribution < -0.4 is 4.90 Å². The fraction of sp³-hybridized carbons (Fsp3) is 0.263. The Hall–Kier alpha value is -1.92. The Morgan fingerprint density at radius 2 is 2.00 bits per heavy atom. The van der Waals surface area contributed by atoms with Crippen molar-refractivity contribution in [3.05, 3.63) is 48.5 Å². The van der Waals surface area contributed by atoms with Crippen LogP contribution in [0.25, 0.3) is 11.0 Å². The van der Waals surface area contributed by atoms with E-state index in [4.69, 9.17) is 4.98 Å². The maximum atomic E-state index is 12.8. The van der Waals surface area contributed by atoms with Crippen molar-refractivity contribution in [3.8, 4) is 0 Å². The zero-order chi connectivity index (χ0) is 17.2. The number of fused-ring (bicyclic) bond motifs is 2. The van der Waals surface area contributed by atoms with Gasteiger partial charge >= 0.3 is 0 Å². The van der Waals surface area contributed by atoms with Crippen molar-refractivity contribution in [2.45, 2.75) is 23.5 Å². The van der Waals surface area contributed by atoms with Gasteiger partial charge in [-0.25, -0.2) is 4.98 Å². The van der Waals surface area contributed by atoms with Gasteiger partial charge in [-0.05, 0) is 31.2 Å². The van der Waals surface area contributed by atoms with Crippen molar-refractivity contribution in [3.63, 3.8) is 0 Å². The molecule has 0 fully saturated rings. The first-order chi connectivity index (χ1) is 12.3. The number of anilines is 1. The average molecular weight is 370 g/mol. The highest BCUT2D eigenvalue weighted by Gasteiger charge is 2.23. The molecule has 0 aliphatic carbocycles. The molecule has 3 aromatic rings. The summed E-state index contributed by atoms with van der Waals surface area (Å²) in [4.78, 5) is 20.6. The van der Waals surface area contributed by atoms with Gasteiger partial charge in [0.2, 0.25) is 5.91 Å². The van der Waals surface area contributed by atoms with Gasteiger partial charge in [-0.2, -0.15) is 0 Å². The highest BCUT2D eigenvalue weighted by Crippen LogP contribution is 2.35. The number of aryl methyl sites for hydroxylation is 1. The highest BCUT2D eigenvalue weighted by atomic mass is 32.2. The van der Waals surface area contributed by atoms with Gasteiger partial charge in [0.15, 0.2) is 5.16 Å². The molecule has 0 unspecified atom stereocenters. The van der Waals surface area contributed by atoms with Crippen LogP contribution in [0.15, 0.2) is 58.6 Å². The monoisotopic (exact) mass is 369 g/mol. The van der Waals surface area contributed by atoms with E-state index in [1.165, 1.54) is 16.7 Å². The molecule has 1 aliphatic heterocycles. The molecule has 25 heavy (non-hydrogen) atoms. The van der Waals surface area contributed by atoms with Gasteiger partial charge in [0.05, 0.1) is 22.5 Å². The first-order valence-electron chi connectivity index (χ1n) is 8.38. The third kappa shape index (κ3) is 3.16. The number of carbonyl (C=O) groups is 1. The first kappa shape index (κ1) is 16.5. The van der Waals surface area contributed by atoms with Gasteiger partial charge in [-0.15, -0.1) is 11.8 Å². The van der Waals surface area contributed by atoms with E-state index in [0.29, 0.717) is 5.75 Å². The molecule has 2 heterocycles. The van der Waals surface area contributed by atoms with Crippen molar-refractivity contribution in [1.82, 2.24) is 9.55 Å². The minimum Gasteiger partial charge on any atom is -0.319 e. The van der Waals surface area contributed by atoms with Gasteiger partial charge in [0, 0.05) is 23.7 Å². The molecule has 4 nitrogen and oxygen atoms in total. The van der Waals surface area contributed by atoms with Gasteiger partial charge in [-0.1, -0.05) is 36.0 Å². The van der Waals surface area contributed by atoms with Gasteiger partial charge in [0.1, 0.15) is 0 Å². The summed E-state index contributed by atoms with van der Waals surface area (Å²) in [6.07, 6.45) is 0. The van der Waals surface area contributed by atoms with E-state index in [0.717, 1.165) is 40.7 Å². The fourth-order valence-electron chi connectivity index (χ4n) is 3.10. The Balaban J connectivity index is 1.53. The van der Waals surface area contributed by atoms with Crippen molar-refractivity contribution in [1.29, 1.82) is 0 Å². The number of nitrogens with zero attached hydrogens (tertiary/aromatic N) is 3. The summed E-state index contributed by atoms with van der Waals surface area (Å²) in [5, 5.41) is 0.914. The molecule has 0 atom stereocenters. The Bertz CT molecular complexity index is 922. The summed E-state index contributed by atoms with van der Waals surface area (Å²) in [6, 6.07) is 16.3. The minimum absolute atomic E-state index is 0.146. The normalized spacial score (nSPS) is 13.9. The van der Waals surface area contributed by atoms with Crippen LogP contribution in [0.3, 0.4) is 0 Å². The maximum absolute atomic E-state index is 12.8. The molecule has 2 aromatic carbocycles. The van der Waals surface area contributed by atoms with Gasteiger partial charge < -0.3 is 9.47 Å². The second-order valence-electron chi connectivity index (χ2n) is 5.78. The van der Waals surface area contributed by atoms with Crippen molar-refractivity contribution in [2.75, 3.05) is 23.0 Å². The number of thioether (sulfide) groups is 2. The molecule has 0 saturated carbocycles. The molecule has 0 bridgehead atoms. The van der Waals surface area contributed by atoms with Gasteiger partial charge in [-0.3, -0.25) is 4.79 Å². The molecule has 1 amide bonds. The second kappa shape index (κ2) is 7.14. The lowest BCUT2D eigenvalue weighted by Gasteiger charge is -2.28. The predicted molar refractivity (Wildman–Crippen MR) is 106 cm³/mol. The third-order valence-corrected chi connectivity index (χ3v) is 6.29. The topological polar surface area (TPSA) is 38.1 Å². The van der Waals surface area contributed by atoms with E-state index < -0.39 is 0 Å². The van der Waals surface area contributed by atoms with Crippen LogP contribution in [-0.2, 0) is 11.3 Å². The lowest BCUT2D eigenvalue weighted by Crippen LogP contribution is -2.36. The fourth-order valence-corrected chi connectivity index (χ4v) is 5.05. The molecule has 0 radical (unpaired) electrons. The number of carbonyl (C=O) groups excluding carboxylic acids is 1. The van der Waals surface area contributed by atoms with Crippen LogP contribution in [0, 0.1) is 0 Å². The first-order valence-corrected chi connectivity index (χ1v) is 10.4. The lowest BCUT2D eigenvalue weighted by atomic mass is 10.3. The summed E-state index contributed by atoms with van der Waals surface area (Å²) >= 11 is 3.34. The summed E-state index contributed by atoms with van der Waals surface area (Å²) in [6.45, 7) is 3.73. The maximum Gasteiger partial charge on any atom is 0.237 e. The average Bonchev–Trinajstić information content (AvgIpc) is 3.03. The lowest BCUT2D eigenvalue weighted by molar-refractivity contribution is -0.116. The molecule has 4 rings (SSSR count). The number of rotatable bonds is 4. The SMILES string of the molecule is CCn1c(SCC(=O)N2CCSc3ccccc32)nc2ccccc21. The van der Waals surface area contributed by atoms with E-state index in [9.17, 15) is 4.79 Å². The van der Waals surface area contributed by atoms with E-state index in [2.05, 4.69) is 23.6 Å². The number of para-hydroxylation sites is 3. The second-order valence-corrected chi connectivity index (χ2v) is 7.86. The number of amides is 1. The molecular formula is C19H19N3OS2. The van der Waals surface area contributed by atoms with Crippen LogP contribution >= 0.6 is 23.5 Å². The molecule has 1 aliphatic rings. The summed E-state index contributed by atoms with van der Waals surface area (Å²) in [7, 11) is 0. The Morgan fingerprint density at radius 1 is 1.20 bits per heavy atom. The molecule has 1 aromatic heterocycles. The van der Waals surface area contributed by atoms with Crippen LogP contribution in [0.2, 0.25) is 0 Å². The van der Waals surface area contributed by atoms with Crippen LogP contribution in [0.4, 0.5) is 5.69 Å². The molecule has 128 valence electrons.